The molecule has 1 rings (SSSR count). The summed E-state index contributed by atoms with van der Waals surface area (Å²) in [5.41, 5.74) is 2.99. The quantitative estimate of drug-likeness (QED) is 0.495. The summed E-state index contributed by atoms with van der Waals surface area (Å²) < 4.78 is 1.58. The maximum Gasteiger partial charge on any atom is -1.00 e. The van der Waals surface area contributed by atoms with E-state index < -0.39 is 0 Å². The van der Waals surface area contributed by atoms with Crippen molar-refractivity contribution in [2.45, 2.75) is 19.3 Å². The largest absolute Gasteiger partial charge is 1.00 e. The predicted octanol–water partition coefficient (Wildman–Crippen LogP) is -2.72. The summed E-state index contributed by atoms with van der Waals surface area (Å²) in [6.07, 6.45) is 9.49. The van der Waals surface area contributed by atoms with E-state index in [1.807, 2.05) is 12.2 Å². The molecule has 1 aliphatic rings. The first-order chi connectivity index (χ1) is 5.79. The van der Waals surface area contributed by atoms with Gasteiger partial charge in [0.15, 0.2) is 0 Å². The smallest absolute Gasteiger partial charge is 1.00 e. The van der Waals surface area contributed by atoms with Crippen LogP contribution in [0, 0.1) is 0 Å². The van der Waals surface area contributed by atoms with Crippen LogP contribution < -0.4 is 24.8 Å². The van der Waals surface area contributed by atoms with Crippen LogP contribution in [0.25, 0.3) is 0 Å². The fourth-order valence-electron chi connectivity index (χ4n) is 1.43. The Kier molecular flexibility index (Phi) is 10.5. The van der Waals surface area contributed by atoms with Crippen LogP contribution in [0.4, 0.5) is 0 Å². The molecule has 0 atom stereocenters. The topological polar surface area (TPSA) is 0 Å². The van der Waals surface area contributed by atoms with Crippen molar-refractivity contribution in [3.05, 3.63) is 45.8 Å². The molecule has 0 aliphatic heterocycles. The first kappa shape index (κ1) is 16.8. The van der Waals surface area contributed by atoms with E-state index in [2.05, 4.69) is 19.2 Å². The number of rotatable bonds is 4. The zero-order valence-electron chi connectivity index (χ0n) is 8.02. The molecule has 0 aromatic carbocycles. The van der Waals surface area contributed by atoms with Crippen LogP contribution in [0.2, 0.25) is 0 Å². The van der Waals surface area contributed by atoms with Gasteiger partial charge in [0.2, 0.25) is 0 Å². The molecule has 0 aromatic rings. The van der Waals surface area contributed by atoms with E-state index in [0.29, 0.717) is 0 Å². The van der Waals surface area contributed by atoms with Gasteiger partial charge in [-0.1, -0.05) is 0 Å². The Bertz CT molecular complexity index is 264. The van der Waals surface area contributed by atoms with E-state index >= 15 is 0 Å². The van der Waals surface area contributed by atoms with Crippen molar-refractivity contribution in [1.82, 2.24) is 0 Å². The Balaban J connectivity index is 0. The summed E-state index contributed by atoms with van der Waals surface area (Å²) in [5, 5.41) is 0. The van der Waals surface area contributed by atoms with Crippen molar-refractivity contribution in [3.63, 3.8) is 0 Å². The summed E-state index contributed by atoms with van der Waals surface area (Å²) in [4.78, 5) is 0. The zero-order valence-corrected chi connectivity index (χ0v) is 12.0. The fraction of sp³-hybridized carbons (Fsp3) is 0.273. The van der Waals surface area contributed by atoms with Gasteiger partial charge in [-0.05, 0) is 0 Å². The monoisotopic (exact) mass is 305 g/mol. The van der Waals surface area contributed by atoms with E-state index in [9.17, 15) is 0 Å². The molecule has 0 unspecified atom stereocenters. The second-order valence-corrected chi connectivity index (χ2v) is 4.36. The van der Waals surface area contributed by atoms with Gasteiger partial charge < -0.3 is 24.8 Å². The third-order valence-electron chi connectivity index (χ3n) is 2.02. The van der Waals surface area contributed by atoms with Crippen molar-refractivity contribution in [2.24, 2.45) is 0 Å². The molecule has 0 nitrogen and oxygen atoms in total. The number of hydrogen-bond acceptors (Lipinski definition) is 0. The second-order valence-electron chi connectivity index (χ2n) is 2.88. The predicted molar refractivity (Wildman–Crippen MR) is 49.4 cm³/mol. The number of hydrogen-bond donors (Lipinski definition) is 0. The SMILES string of the molecule is C=CCC1=CC[C]([Zr+2])=C1CC=C.[Cl-].[Cl-]. The molecule has 0 bridgehead atoms. The Labute approximate surface area is 114 Å². The molecule has 1 aliphatic carbocycles. The standard InChI is InChI=1S/C11H13.2ClH.Zr/c1-3-6-10-8-5-9-11(10)7-4-2;;;/h3-4,8H,1-2,5-7H2;2*1H;/q;;;+2/p-2. The average Bonchev–Trinajstić information content (AvgIpc) is 2.37. The Morgan fingerprint density at radius 3 is 2.29 bits per heavy atom. The van der Waals surface area contributed by atoms with E-state index in [-0.39, 0.29) is 24.8 Å². The molecule has 0 spiro atoms. The number of allylic oxidation sites excluding steroid dienone is 6. The van der Waals surface area contributed by atoms with Gasteiger partial charge in [-0.3, -0.25) is 0 Å². The number of halogens is 2. The fourth-order valence-corrected chi connectivity index (χ4v) is 2.32. The van der Waals surface area contributed by atoms with Crippen molar-refractivity contribution < 1.29 is 49.5 Å². The van der Waals surface area contributed by atoms with E-state index in [1.54, 1.807) is 28.0 Å². The van der Waals surface area contributed by atoms with Gasteiger partial charge in [0.1, 0.15) is 0 Å². The van der Waals surface area contributed by atoms with Gasteiger partial charge in [0.25, 0.3) is 0 Å². The van der Waals surface area contributed by atoms with Crippen molar-refractivity contribution in [3.8, 4) is 0 Å². The molecule has 75 valence electrons. The molecule has 14 heavy (non-hydrogen) atoms. The summed E-state index contributed by atoms with van der Waals surface area (Å²) in [6.45, 7) is 7.54. The van der Waals surface area contributed by atoms with Crippen LogP contribution >= 0.6 is 0 Å². The van der Waals surface area contributed by atoms with Gasteiger partial charge in [0.05, 0.1) is 0 Å². The van der Waals surface area contributed by atoms with Crippen molar-refractivity contribution in [1.29, 1.82) is 0 Å². The molecule has 0 heterocycles. The summed E-state index contributed by atoms with van der Waals surface area (Å²) in [5.74, 6) is 0. The Hall–Kier alpha value is 0.423. The first-order valence-electron chi connectivity index (χ1n) is 4.14. The molecule has 0 saturated heterocycles. The minimum atomic E-state index is 0. The Morgan fingerprint density at radius 2 is 1.79 bits per heavy atom. The van der Waals surface area contributed by atoms with Crippen LogP contribution in [-0.2, 0) is 24.7 Å². The van der Waals surface area contributed by atoms with Crippen molar-refractivity contribution >= 4 is 0 Å². The average molecular weight is 307 g/mol. The second kappa shape index (κ2) is 8.71. The van der Waals surface area contributed by atoms with Crippen LogP contribution in [0.1, 0.15) is 19.3 Å². The maximum absolute atomic E-state index is 3.78. The van der Waals surface area contributed by atoms with Gasteiger partial charge in [-0.15, -0.1) is 0 Å². The van der Waals surface area contributed by atoms with E-state index in [0.717, 1.165) is 19.3 Å². The third kappa shape index (κ3) is 4.30. The van der Waals surface area contributed by atoms with Crippen molar-refractivity contribution in [2.75, 3.05) is 0 Å². The summed E-state index contributed by atoms with van der Waals surface area (Å²) in [7, 11) is 0. The molecule has 0 aromatic heterocycles. The summed E-state index contributed by atoms with van der Waals surface area (Å²) in [6, 6.07) is 0. The maximum atomic E-state index is 3.78. The first-order valence-corrected chi connectivity index (χ1v) is 5.37. The van der Waals surface area contributed by atoms with Gasteiger partial charge >= 0.3 is 89.8 Å². The van der Waals surface area contributed by atoms with Crippen LogP contribution in [0.15, 0.2) is 45.8 Å². The zero-order chi connectivity index (χ0) is 8.97. The van der Waals surface area contributed by atoms with Gasteiger partial charge in [-0.2, -0.15) is 0 Å². The molecule has 0 fully saturated rings. The van der Waals surface area contributed by atoms with Crippen LogP contribution in [0.5, 0.6) is 0 Å². The third-order valence-corrected chi connectivity index (χ3v) is 3.26. The van der Waals surface area contributed by atoms with E-state index in [1.165, 1.54) is 11.1 Å². The molecule has 0 N–H and O–H groups in total. The van der Waals surface area contributed by atoms with Crippen LogP contribution in [0.3, 0.4) is 0 Å². The molecular formula is C11H13Cl2Zr. The van der Waals surface area contributed by atoms with Crippen LogP contribution in [-0.4, -0.2) is 0 Å². The van der Waals surface area contributed by atoms with E-state index in [4.69, 9.17) is 0 Å². The minimum absolute atomic E-state index is 0. The summed E-state index contributed by atoms with van der Waals surface area (Å²) >= 11 is 1.55. The normalized spacial score (nSPS) is 14.0. The van der Waals surface area contributed by atoms with Gasteiger partial charge in [-0.25, -0.2) is 0 Å². The molecule has 0 saturated carbocycles. The molecular weight excluding hydrogens is 294 g/mol. The Morgan fingerprint density at radius 1 is 1.21 bits per heavy atom. The molecule has 0 radical (unpaired) electrons. The molecule has 0 amide bonds. The minimum Gasteiger partial charge on any atom is -1.00 e. The van der Waals surface area contributed by atoms with Gasteiger partial charge in [0, 0.05) is 0 Å². The molecule has 3 heteroatoms.